The Kier molecular flexibility index (Phi) is 10.4. The molecule has 0 aliphatic carbocycles. The van der Waals surface area contributed by atoms with Crippen molar-refractivity contribution in [2.45, 2.75) is 12.8 Å². The standard InChI is InChI=1S/C42H38N4/c1-7-21-35(22-8-1)41(36-23-9-2-10-24-36)43-45(39-29-15-5-16-30-39)33-19-20-34-46(40-31-17-6-18-32-40)44-42(37-25-11-3-12-26-37)38-27-13-4-14-28-38/h1-18,21-32H,19-20,33-34H2. The number of rotatable bonds is 13. The van der Waals surface area contributed by atoms with E-state index in [0.29, 0.717) is 0 Å². The number of unbranched alkanes of at least 4 members (excludes halogenated alkanes) is 1. The average Bonchev–Trinajstić information content (AvgIpc) is 3.15. The van der Waals surface area contributed by atoms with E-state index in [4.69, 9.17) is 10.2 Å². The highest BCUT2D eigenvalue weighted by atomic mass is 15.5. The van der Waals surface area contributed by atoms with E-state index < -0.39 is 0 Å². The van der Waals surface area contributed by atoms with Gasteiger partial charge in [-0.15, -0.1) is 0 Å². The molecule has 0 unspecified atom stereocenters. The van der Waals surface area contributed by atoms with Gasteiger partial charge < -0.3 is 0 Å². The summed E-state index contributed by atoms with van der Waals surface area (Å²) in [5, 5.41) is 14.9. The van der Waals surface area contributed by atoms with Crippen LogP contribution in [0.1, 0.15) is 35.1 Å². The molecule has 0 radical (unpaired) electrons. The van der Waals surface area contributed by atoms with Gasteiger partial charge in [0.1, 0.15) is 0 Å². The van der Waals surface area contributed by atoms with E-state index in [0.717, 1.165) is 71.0 Å². The van der Waals surface area contributed by atoms with Gasteiger partial charge in [-0.3, -0.25) is 10.0 Å². The summed E-state index contributed by atoms with van der Waals surface area (Å²) in [5.41, 5.74) is 8.41. The maximum Gasteiger partial charge on any atom is 0.0980 e. The molecule has 6 aromatic carbocycles. The van der Waals surface area contributed by atoms with Crippen LogP contribution in [-0.4, -0.2) is 24.5 Å². The molecule has 46 heavy (non-hydrogen) atoms. The van der Waals surface area contributed by atoms with Gasteiger partial charge in [0.15, 0.2) is 0 Å². The molecule has 0 heterocycles. The molecule has 0 spiro atoms. The summed E-state index contributed by atoms with van der Waals surface area (Å²) >= 11 is 0. The fourth-order valence-electron chi connectivity index (χ4n) is 5.39. The van der Waals surface area contributed by atoms with Crippen molar-refractivity contribution in [1.29, 1.82) is 0 Å². The third-order valence-electron chi connectivity index (χ3n) is 7.73. The van der Waals surface area contributed by atoms with Crippen LogP contribution in [0, 0.1) is 0 Å². The predicted octanol–water partition coefficient (Wildman–Crippen LogP) is 9.68. The molecule has 6 aromatic rings. The zero-order valence-electron chi connectivity index (χ0n) is 25.9. The van der Waals surface area contributed by atoms with Crippen LogP contribution in [-0.2, 0) is 0 Å². The first kappa shape index (κ1) is 30.3. The Labute approximate surface area is 272 Å². The second kappa shape index (κ2) is 15.8. The number of benzene rings is 6. The summed E-state index contributed by atoms with van der Waals surface area (Å²) in [5.74, 6) is 0. The van der Waals surface area contributed by atoms with Gasteiger partial charge in [-0.2, -0.15) is 10.2 Å². The molecule has 0 atom stereocenters. The first-order valence-corrected chi connectivity index (χ1v) is 15.9. The van der Waals surface area contributed by atoms with E-state index in [-0.39, 0.29) is 0 Å². The van der Waals surface area contributed by atoms with Crippen molar-refractivity contribution in [3.63, 3.8) is 0 Å². The van der Waals surface area contributed by atoms with Crippen molar-refractivity contribution < 1.29 is 0 Å². The van der Waals surface area contributed by atoms with Crippen LogP contribution in [0.4, 0.5) is 11.4 Å². The second-order valence-electron chi connectivity index (χ2n) is 11.0. The van der Waals surface area contributed by atoms with Crippen LogP contribution < -0.4 is 10.0 Å². The van der Waals surface area contributed by atoms with E-state index in [1.165, 1.54) is 0 Å². The number of hydrogen-bond acceptors (Lipinski definition) is 4. The van der Waals surface area contributed by atoms with Crippen molar-refractivity contribution in [3.8, 4) is 0 Å². The molecule has 0 aliphatic heterocycles. The summed E-state index contributed by atoms with van der Waals surface area (Å²) in [7, 11) is 0. The SMILES string of the molecule is c1ccc(C(=NN(CCCCN(N=C(c2ccccc2)c2ccccc2)c2ccccc2)c2ccccc2)c2ccccc2)cc1. The van der Waals surface area contributed by atoms with Crippen LogP contribution in [0.5, 0.6) is 0 Å². The molecule has 0 bridgehead atoms. The van der Waals surface area contributed by atoms with Crippen molar-refractivity contribution in [3.05, 3.63) is 204 Å². The Morgan fingerprint density at radius 2 is 0.565 bits per heavy atom. The molecule has 6 rings (SSSR count). The lowest BCUT2D eigenvalue weighted by atomic mass is 10.0. The molecule has 0 saturated carbocycles. The minimum atomic E-state index is 0.768. The van der Waals surface area contributed by atoms with Gasteiger partial charge in [0.25, 0.3) is 0 Å². The fourth-order valence-corrected chi connectivity index (χ4v) is 5.39. The van der Waals surface area contributed by atoms with Crippen LogP contribution in [0.2, 0.25) is 0 Å². The Bertz CT molecular complexity index is 1580. The monoisotopic (exact) mass is 598 g/mol. The number of hydrazone groups is 2. The summed E-state index contributed by atoms with van der Waals surface area (Å²) in [4.78, 5) is 0. The highest BCUT2D eigenvalue weighted by molar-refractivity contribution is 6.13. The van der Waals surface area contributed by atoms with E-state index in [2.05, 4.69) is 156 Å². The molecule has 0 N–H and O–H groups in total. The Morgan fingerprint density at radius 1 is 0.326 bits per heavy atom. The van der Waals surface area contributed by atoms with Gasteiger partial charge in [-0.05, 0) is 37.1 Å². The van der Waals surface area contributed by atoms with E-state index >= 15 is 0 Å². The van der Waals surface area contributed by atoms with Crippen molar-refractivity contribution in [2.75, 3.05) is 23.1 Å². The Morgan fingerprint density at radius 3 is 0.826 bits per heavy atom. The molecular weight excluding hydrogens is 560 g/mol. The van der Waals surface area contributed by atoms with Gasteiger partial charge in [0.05, 0.1) is 22.8 Å². The normalized spacial score (nSPS) is 10.5. The molecular formula is C42H38N4. The van der Waals surface area contributed by atoms with E-state index in [9.17, 15) is 0 Å². The Balaban J connectivity index is 1.27. The van der Waals surface area contributed by atoms with Gasteiger partial charge in [0.2, 0.25) is 0 Å². The number of para-hydroxylation sites is 2. The van der Waals surface area contributed by atoms with Crippen molar-refractivity contribution >= 4 is 22.8 Å². The minimum absolute atomic E-state index is 0.768. The first-order valence-electron chi connectivity index (χ1n) is 15.9. The van der Waals surface area contributed by atoms with E-state index in [1.807, 2.05) is 36.4 Å². The molecule has 4 heteroatoms. The number of nitrogens with zero attached hydrogens (tertiary/aromatic N) is 4. The molecule has 0 aliphatic rings. The van der Waals surface area contributed by atoms with Gasteiger partial charge in [-0.1, -0.05) is 158 Å². The van der Waals surface area contributed by atoms with Crippen LogP contribution in [0.15, 0.2) is 192 Å². The number of hydrogen-bond donors (Lipinski definition) is 0. The maximum atomic E-state index is 5.30. The fraction of sp³-hybridized carbons (Fsp3) is 0.0952. The molecule has 0 aromatic heterocycles. The average molecular weight is 599 g/mol. The zero-order chi connectivity index (χ0) is 31.2. The lowest BCUT2D eigenvalue weighted by Crippen LogP contribution is -2.24. The molecule has 0 fully saturated rings. The maximum absolute atomic E-state index is 5.30. The zero-order valence-corrected chi connectivity index (χ0v) is 25.9. The summed E-state index contributed by atoms with van der Waals surface area (Å²) in [6, 6.07) is 62.6. The largest absolute Gasteiger partial charge is 0.265 e. The molecule has 4 nitrogen and oxygen atoms in total. The lowest BCUT2D eigenvalue weighted by molar-refractivity contribution is 0.680. The van der Waals surface area contributed by atoms with E-state index in [1.54, 1.807) is 0 Å². The molecule has 226 valence electrons. The van der Waals surface area contributed by atoms with Gasteiger partial charge in [0, 0.05) is 35.3 Å². The highest BCUT2D eigenvalue weighted by Crippen LogP contribution is 2.21. The smallest absolute Gasteiger partial charge is 0.0980 e. The third-order valence-corrected chi connectivity index (χ3v) is 7.73. The highest BCUT2D eigenvalue weighted by Gasteiger charge is 2.14. The lowest BCUT2D eigenvalue weighted by Gasteiger charge is -2.24. The number of anilines is 2. The van der Waals surface area contributed by atoms with Crippen LogP contribution >= 0.6 is 0 Å². The third kappa shape index (κ3) is 8.04. The van der Waals surface area contributed by atoms with Gasteiger partial charge >= 0.3 is 0 Å². The van der Waals surface area contributed by atoms with Crippen LogP contribution in [0.3, 0.4) is 0 Å². The quantitative estimate of drug-likeness (QED) is 0.0753. The van der Waals surface area contributed by atoms with Crippen molar-refractivity contribution in [1.82, 2.24) is 0 Å². The summed E-state index contributed by atoms with van der Waals surface area (Å²) < 4.78 is 0. The molecule has 0 saturated heterocycles. The molecule has 0 amide bonds. The summed E-state index contributed by atoms with van der Waals surface area (Å²) in [6.45, 7) is 1.54. The Hall–Kier alpha value is -5.74. The van der Waals surface area contributed by atoms with Gasteiger partial charge in [-0.25, -0.2) is 0 Å². The first-order chi connectivity index (χ1) is 22.8. The topological polar surface area (TPSA) is 31.2 Å². The predicted molar refractivity (Wildman–Crippen MR) is 194 cm³/mol. The van der Waals surface area contributed by atoms with Crippen LogP contribution in [0.25, 0.3) is 0 Å². The second-order valence-corrected chi connectivity index (χ2v) is 11.0. The minimum Gasteiger partial charge on any atom is -0.265 e. The summed E-state index contributed by atoms with van der Waals surface area (Å²) in [6.07, 6.45) is 1.86. The van der Waals surface area contributed by atoms with Crippen molar-refractivity contribution in [2.24, 2.45) is 10.2 Å².